The van der Waals surface area contributed by atoms with Crippen molar-refractivity contribution < 1.29 is 9.13 Å². The van der Waals surface area contributed by atoms with E-state index < -0.39 is 0 Å². The largest absolute Gasteiger partial charge is 0.369 e. The highest BCUT2D eigenvalue weighted by atomic mass is 19.1. The molecule has 100 valence electrons. The minimum Gasteiger partial charge on any atom is -0.369 e. The first-order valence-corrected chi connectivity index (χ1v) is 6.81. The Morgan fingerprint density at radius 3 is 2.56 bits per heavy atom. The van der Waals surface area contributed by atoms with Crippen LogP contribution in [-0.2, 0) is 4.74 Å². The molecule has 18 heavy (non-hydrogen) atoms. The predicted octanol–water partition coefficient (Wildman–Crippen LogP) is 3.42. The Labute approximate surface area is 108 Å². The number of rotatable bonds is 4. The molecule has 3 unspecified atom stereocenters. The third kappa shape index (κ3) is 3.30. The van der Waals surface area contributed by atoms with Crippen LogP contribution in [0.3, 0.4) is 0 Å². The van der Waals surface area contributed by atoms with Gasteiger partial charge in [0.15, 0.2) is 0 Å². The summed E-state index contributed by atoms with van der Waals surface area (Å²) in [5, 5.41) is 0. The van der Waals surface area contributed by atoms with Gasteiger partial charge in [0, 0.05) is 6.54 Å². The van der Waals surface area contributed by atoms with Crippen LogP contribution in [0.5, 0.6) is 0 Å². The monoisotopic (exact) mass is 251 g/mol. The molecule has 0 aliphatic heterocycles. The maximum absolute atomic E-state index is 12.9. The van der Waals surface area contributed by atoms with E-state index in [2.05, 4.69) is 6.92 Å². The second-order valence-electron chi connectivity index (χ2n) is 5.21. The van der Waals surface area contributed by atoms with Crippen LogP contribution in [0.4, 0.5) is 4.39 Å². The van der Waals surface area contributed by atoms with Crippen molar-refractivity contribution in [3.63, 3.8) is 0 Å². The number of ether oxygens (including phenoxy) is 1. The summed E-state index contributed by atoms with van der Waals surface area (Å²) in [6.45, 7) is 2.68. The van der Waals surface area contributed by atoms with Gasteiger partial charge in [-0.3, -0.25) is 0 Å². The molecular formula is C15H22FNO. The molecule has 2 rings (SSSR count). The first kappa shape index (κ1) is 13.5. The first-order valence-electron chi connectivity index (χ1n) is 6.81. The average Bonchev–Trinajstić information content (AvgIpc) is 2.39. The Balaban J connectivity index is 2.02. The van der Waals surface area contributed by atoms with Crippen molar-refractivity contribution in [1.82, 2.24) is 0 Å². The molecule has 1 saturated carbocycles. The maximum atomic E-state index is 12.9. The first-order chi connectivity index (χ1) is 8.70. The minimum absolute atomic E-state index is 0.115. The lowest BCUT2D eigenvalue weighted by atomic mass is 9.87. The van der Waals surface area contributed by atoms with E-state index in [1.54, 1.807) is 12.1 Å². The summed E-state index contributed by atoms with van der Waals surface area (Å²) in [4.78, 5) is 0. The van der Waals surface area contributed by atoms with Crippen LogP contribution in [0, 0.1) is 11.7 Å². The lowest BCUT2D eigenvalue weighted by Crippen LogP contribution is -2.30. The van der Waals surface area contributed by atoms with Crippen LogP contribution < -0.4 is 5.73 Å². The zero-order chi connectivity index (χ0) is 13.0. The molecule has 1 aromatic rings. The summed E-state index contributed by atoms with van der Waals surface area (Å²) in [6.07, 6.45) is 5.04. The summed E-state index contributed by atoms with van der Waals surface area (Å²) in [5.74, 6) is 0.369. The van der Waals surface area contributed by atoms with Crippen LogP contribution in [0.2, 0.25) is 0 Å². The van der Waals surface area contributed by atoms with Crippen LogP contribution >= 0.6 is 0 Å². The number of benzene rings is 1. The molecule has 2 N–H and O–H groups in total. The van der Waals surface area contributed by atoms with Crippen molar-refractivity contribution in [1.29, 1.82) is 0 Å². The van der Waals surface area contributed by atoms with E-state index in [1.807, 2.05) is 0 Å². The van der Waals surface area contributed by atoms with Crippen molar-refractivity contribution in [2.75, 3.05) is 6.54 Å². The lowest BCUT2D eigenvalue weighted by molar-refractivity contribution is -0.0533. The highest BCUT2D eigenvalue weighted by Gasteiger charge is 2.25. The molecule has 0 aromatic heterocycles. The van der Waals surface area contributed by atoms with Gasteiger partial charge in [0.2, 0.25) is 0 Å². The normalized spacial score (nSPS) is 25.9. The fourth-order valence-corrected chi connectivity index (χ4v) is 2.64. The zero-order valence-electron chi connectivity index (χ0n) is 10.9. The fourth-order valence-electron chi connectivity index (χ4n) is 2.64. The topological polar surface area (TPSA) is 35.2 Å². The van der Waals surface area contributed by atoms with E-state index in [-0.39, 0.29) is 18.0 Å². The lowest BCUT2D eigenvalue weighted by Gasteiger charge is -2.32. The van der Waals surface area contributed by atoms with Gasteiger partial charge in [0.25, 0.3) is 0 Å². The van der Waals surface area contributed by atoms with Crippen molar-refractivity contribution in [2.45, 2.75) is 44.8 Å². The summed E-state index contributed by atoms with van der Waals surface area (Å²) >= 11 is 0. The second-order valence-corrected chi connectivity index (χ2v) is 5.21. The molecule has 3 atom stereocenters. The highest BCUT2D eigenvalue weighted by Crippen LogP contribution is 2.30. The van der Waals surface area contributed by atoms with Crippen molar-refractivity contribution in [3.05, 3.63) is 35.6 Å². The van der Waals surface area contributed by atoms with E-state index in [4.69, 9.17) is 10.5 Å². The van der Waals surface area contributed by atoms with Gasteiger partial charge in [-0.1, -0.05) is 31.9 Å². The molecule has 1 aromatic carbocycles. The Morgan fingerprint density at radius 1 is 1.28 bits per heavy atom. The third-order valence-corrected chi connectivity index (χ3v) is 3.83. The molecule has 0 amide bonds. The van der Waals surface area contributed by atoms with Gasteiger partial charge in [0.05, 0.1) is 12.2 Å². The van der Waals surface area contributed by atoms with Crippen molar-refractivity contribution in [2.24, 2.45) is 11.7 Å². The zero-order valence-corrected chi connectivity index (χ0v) is 10.9. The van der Waals surface area contributed by atoms with Gasteiger partial charge < -0.3 is 10.5 Å². The maximum Gasteiger partial charge on any atom is 0.123 e. The van der Waals surface area contributed by atoms with Crippen LogP contribution in [-0.4, -0.2) is 12.6 Å². The number of hydrogen-bond donors (Lipinski definition) is 1. The minimum atomic E-state index is -0.222. The molecule has 0 heterocycles. The molecule has 0 spiro atoms. The average molecular weight is 251 g/mol. The SMILES string of the molecule is CC1CCCCC1OC(CN)c1ccc(F)cc1. The van der Waals surface area contributed by atoms with E-state index in [0.29, 0.717) is 12.5 Å². The molecule has 1 aliphatic rings. The molecule has 3 heteroatoms. The van der Waals surface area contributed by atoms with E-state index in [1.165, 1.54) is 31.4 Å². The second kappa shape index (κ2) is 6.30. The summed E-state index contributed by atoms with van der Waals surface area (Å²) in [5.41, 5.74) is 6.76. The third-order valence-electron chi connectivity index (χ3n) is 3.83. The number of hydrogen-bond acceptors (Lipinski definition) is 2. The smallest absolute Gasteiger partial charge is 0.123 e. The van der Waals surface area contributed by atoms with E-state index >= 15 is 0 Å². The standard InChI is InChI=1S/C15H22FNO/c1-11-4-2-3-5-14(11)18-15(10-17)12-6-8-13(16)9-7-12/h6-9,11,14-15H,2-5,10,17H2,1H3. The van der Waals surface area contributed by atoms with Crippen molar-refractivity contribution >= 4 is 0 Å². The molecule has 1 fully saturated rings. The molecule has 1 aliphatic carbocycles. The molecule has 0 radical (unpaired) electrons. The van der Waals surface area contributed by atoms with Gasteiger partial charge in [-0.05, 0) is 36.5 Å². The van der Waals surface area contributed by atoms with Gasteiger partial charge in [-0.25, -0.2) is 4.39 Å². The van der Waals surface area contributed by atoms with E-state index in [0.717, 1.165) is 12.0 Å². The summed E-state index contributed by atoms with van der Waals surface area (Å²) < 4.78 is 19.0. The molecule has 0 bridgehead atoms. The number of nitrogens with two attached hydrogens (primary N) is 1. The fraction of sp³-hybridized carbons (Fsp3) is 0.600. The van der Waals surface area contributed by atoms with Gasteiger partial charge in [-0.2, -0.15) is 0 Å². The van der Waals surface area contributed by atoms with Crippen LogP contribution in [0.1, 0.15) is 44.3 Å². The van der Waals surface area contributed by atoms with Gasteiger partial charge >= 0.3 is 0 Å². The predicted molar refractivity (Wildman–Crippen MR) is 70.7 cm³/mol. The molecule has 0 saturated heterocycles. The Hall–Kier alpha value is -0.930. The molecule has 2 nitrogen and oxygen atoms in total. The number of halogens is 1. The summed E-state index contributed by atoms with van der Waals surface area (Å²) in [7, 11) is 0. The van der Waals surface area contributed by atoms with Crippen LogP contribution in [0.15, 0.2) is 24.3 Å². The molecular weight excluding hydrogens is 229 g/mol. The van der Waals surface area contributed by atoms with Crippen LogP contribution in [0.25, 0.3) is 0 Å². The Kier molecular flexibility index (Phi) is 4.72. The van der Waals surface area contributed by atoms with Gasteiger partial charge in [-0.15, -0.1) is 0 Å². The summed E-state index contributed by atoms with van der Waals surface area (Å²) in [6, 6.07) is 6.46. The highest BCUT2D eigenvalue weighted by molar-refractivity contribution is 5.19. The quantitative estimate of drug-likeness (QED) is 0.890. The van der Waals surface area contributed by atoms with Gasteiger partial charge in [0.1, 0.15) is 5.82 Å². The van der Waals surface area contributed by atoms with E-state index in [9.17, 15) is 4.39 Å². The van der Waals surface area contributed by atoms with Crippen molar-refractivity contribution in [3.8, 4) is 0 Å². The Morgan fingerprint density at radius 2 is 1.94 bits per heavy atom. The Bertz CT molecular complexity index is 365.